The maximum Gasteiger partial charge on any atom is 0.261 e. The maximum atomic E-state index is 12.6. The van der Waals surface area contributed by atoms with E-state index < -0.39 is 0 Å². The monoisotopic (exact) mass is 343 g/mol. The quantitative estimate of drug-likeness (QED) is 0.844. The minimum absolute atomic E-state index is 0.00681. The normalized spacial score (nSPS) is 20.2. The van der Waals surface area contributed by atoms with Crippen molar-refractivity contribution in [3.8, 4) is 5.75 Å². The summed E-state index contributed by atoms with van der Waals surface area (Å²) in [7, 11) is 0. The molecule has 2 heterocycles. The first kappa shape index (κ1) is 16.1. The van der Waals surface area contributed by atoms with Crippen molar-refractivity contribution in [1.29, 1.82) is 0 Å². The average Bonchev–Trinajstić information content (AvgIpc) is 3.20. The van der Waals surface area contributed by atoms with Gasteiger partial charge in [-0.3, -0.25) is 4.79 Å². The predicted molar refractivity (Wildman–Crippen MR) is 88.2 cm³/mol. The highest BCUT2D eigenvalue weighted by Gasteiger charge is 2.31. The Morgan fingerprint density at radius 3 is 3.00 bits per heavy atom. The predicted octanol–water partition coefficient (Wildman–Crippen LogP) is 1.93. The van der Waals surface area contributed by atoms with Crippen LogP contribution in [0.25, 0.3) is 0 Å². The number of carbonyl (C=O) groups is 1. The summed E-state index contributed by atoms with van der Waals surface area (Å²) in [5, 5.41) is 3.84. The molecule has 7 nitrogen and oxygen atoms in total. The fraction of sp³-hybridized carbons (Fsp3) is 0.500. The molecule has 0 spiro atoms. The number of aryl methyl sites for hydroxylation is 2. The van der Waals surface area contributed by atoms with Crippen LogP contribution in [-0.4, -0.2) is 47.3 Å². The molecular weight excluding hydrogens is 322 g/mol. The van der Waals surface area contributed by atoms with E-state index in [9.17, 15) is 4.79 Å². The average molecular weight is 343 g/mol. The van der Waals surface area contributed by atoms with Gasteiger partial charge in [0.25, 0.3) is 5.91 Å². The smallest absolute Gasteiger partial charge is 0.261 e. The molecule has 1 fully saturated rings. The first-order valence-electron chi connectivity index (χ1n) is 8.69. The zero-order valence-corrected chi connectivity index (χ0v) is 14.0. The summed E-state index contributed by atoms with van der Waals surface area (Å²) >= 11 is 0. The molecule has 132 valence electrons. The van der Waals surface area contributed by atoms with E-state index in [0.717, 1.165) is 18.6 Å². The lowest BCUT2D eigenvalue weighted by atomic mass is 9.92. The van der Waals surface area contributed by atoms with Gasteiger partial charge in [-0.1, -0.05) is 11.2 Å². The lowest BCUT2D eigenvalue weighted by Crippen LogP contribution is -2.45. The van der Waals surface area contributed by atoms with Crippen LogP contribution in [0, 0.1) is 0 Å². The van der Waals surface area contributed by atoms with E-state index in [2.05, 4.69) is 22.3 Å². The molecule has 1 amide bonds. The molecule has 1 aromatic heterocycles. The molecule has 7 heteroatoms. The van der Waals surface area contributed by atoms with Gasteiger partial charge in [0.05, 0.1) is 13.2 Å². The van der Waals surface area contributed by atoms with E-state index >= 15 is 0 Å². The number of rotatable bonds is 4. The molecule has 2 aromatic rings. The van der Waals surface area contributed by atoms with Crippen LogP contribution in [0.3, 0.4) is 0 Å². The highest BCUT2D eigenvalue weighted by atomic mass is 16.5. The maximum absolute atomic E-state index is 12.6. The molecule has 4 rings (SSSR count). The number of carbonyl (C=O) groups excluding carboxylic acids is 1. The van der Waals surface area contributed by atoms with Gasteiger partial charge in [0.15, 0.2) is 12.4 Å². The van der Waals surface area contributed by atoms with Crippen LogP contribution in [0.5, 0.6) is 5.75 Å². The SMILES string of the molecule is O=C(COc1ccc2c(c1)CCCC2)N1CCOC[C@@H]1c1ncon1. The highest BCUT2D eigenvalue weighted by molar-refractivity contribution is 5.78. The summed E-state index contributed by atoms with van der Waals surface area (Å²) in [5.41, 5.74) is 2.74. The number of hydrogen-bond donors (Lipinski definition) is 0. The van der Waals surface area contributed by atoms with Gasteiger partial charge in [0.2, 0.25) is 6.39 Å². The second-order valence-corrected chi connectivity index (χ2v) is 6.39. The van der Waals surface area contributed by atoms with Crippen molar-refractivity contribution in [3.63, 3.8) is 0 Å². The zero-order valence-electron chi connectivity index (χ0n) is 14.0. The Kier molecular flexibility index (Phi) is 4.65. The number of fused-ring (bicyclic) bond motifs is 1. The molecule has 0 radical (unpaired) electrons. The van der Waals surface area contributed by atoms with Crippen molar-refractivity contribution >= 4 is 5.91 Å². The molecule has 1 saturated heterocycles. The standard InChI is InChI=1S/C18H21N3O4/c22-17(21-7-8-23-10-16(21)18-19-12-25-20-18)11-24-15-6-5-13-3-1-2-4-14(13)9-15/h5-6,9,12,16H,1-4,7-8,10-11H2/t16-/m1/s1. The highest BCUT2D eigenvalue weighted by Crippen LogP contribution is 2.26. The van der Waals surface area contributed by atoms with Crippen molar-refractivity contribution in [1.82, 2.24) is 15.0 Å². The summed E-state index contributed by atoms with van der Waals surface area (Å²) in [4.78, 5) is 18.4. The van der Waals surface area contributed by atoms with Crippen LogP contribution in [-0.2, 0) is 22.4 Å². The third kappa shape index (κ3) is 3.51. The van der Waals surface area contributed by atoms with Gasteiger partial charge in [-0.2, -0.15) is 4.98 Å². The van der Waals surface area contributed by atoms with E-state index in [0.29, 0.717) is 25.6 Å². The number of hydrogen-bond acceptors (Lipinski definition) is 6. The minimum atomic E-state index is -0.327. The van der Waals surface area contributed by atoms with Gasteiger partial charge in [0, 0.05) is 6.54 Å². The van der Waals surface area contributed by atoms with Crippen LogP contribution < -0.4 is 4.74 Å². The van der Waals surface area contributed by atoms with E-state index in [1.165, 1.54) is 30.4 Å². The minimum Gasteiger partial charge on any atom is -0.484 e. The van der Waals surface area contributed by atoms with Crippen molar-refractivity contribution in [2.75, 3.05) is 26.4 Å². The first-order valence-corrected chi connectivity index (χ1v) is 8.69. The molecule has 1 atom stereocenters. The summed E-state index contributed by atoms with van der Waals surface area (Å²) in [5.74, 6) is 1.11. The van der Waals surface area contributed by atoms with E-state index in [4.69, 9.17) is 14.0 Å². The van der Waals surface area contributed by atoms with Gasteiger partial charge >= 0.3 is 0 Å². The van der Waals surface area contributed by atoms with Crippen LogP contribution in [0.4, 0.5) is 0 Å². The molecule has 1 aromatic carbocycles. The molecule has 2 aliphatic rings. The summed E-state index contributed by atoms with van der Waals surface area (Å²) in [6, 6.07) is 5.81. The second kappa shape index (κ2) is 7.23. The number of amides is 1. The van der Waals surface area contributed by atoms with E-state index in [1.54, 1.807) is 4.90 Å². The fourth-order valence-corrected chi connectivity index (χ4v) is 3.47. The van der Waals surface area contributed by atoms with Crippen molar-refractivity contribution < 1.29 is 18.8 Å². The largest absolute Gasteiger partial charge is 0.484 e. The third-order valence-corrected chi connectivity index (χ3v) is 4.81. The molecule has 1 aliphatic carbocycles. The lowest BCUT2D eigenvalue weighted by Gasteiger charge is -2.33. The van der Waals surface area contributed by atoms with Crippen LogP contribution >= 0.6 is 0 Å². The van der Waals surface area contributed by atoms with Crippen LogP contribution in [0.15, 0.2) is 29.1 Å². The van der Waals surface area contributed by atoms with Gasteiger partial charge in [0.1, 0.15) is 11.8 Å². The van der Waals surface area contributed by atoms with Gasteiger partial charge < -0.3 is 18.9 Å². The summed E-state index contributed by atoms with van der Waals surface area (Å²) < 4.78 is 16.0. The molecule has 0 N–H and O–H groups in total. The molecule has 1 aliphatic heterocycles. The first-order chi connectivity index (χ1) is 12.3. The van der Waals surface area contributed by atoms with Gasteiger partial charge in [-0.05, 0) is 48.9 Å². The molecule has 25 heavy (non-hydrogen) atoms. The second-order valence-electron chi connectivity index (χ2n) is 6.39. The van der Waals surface area contributed by atoms with E-state index in [-0.39, 0.29) is 18.6 Å². The molecule has 0 saturated carbocycles. The summed E-state index contributed by atoms with van der Waals surface area (Å²) in [6.07, 6.45) is 5.95. The summed E-state index contributed by atoms with van der Waals surface area (Å²) in [6.45, 7) is 1.35. The Morgan fingerprint density at radius 2 is 2.16 bits per heavy atom. The Labute approximate surface area is 145 Å². The topological polar surface area (TPSA) is 77.7 Å². The number of benzene rings is 1. The fourth-order valence-electron chi connectivity index (χ4n) is 3.47. The Bertz CT molecular complexity index is 732. The molecule has 0 unspecified atom stereocenters. The number of aromatic nitrogens is 2. The Balaban J connectivity index is 1.41. The molecular formula is C18H21N3O4. The van der Waals surface area contributed by atoms with Gasteiger partial charge in [-0.25, -0.2) is 0 Å². The third-order valence-electron chi connectivity index (χ3n) is 4.81. The number of ether oxygens (including phenoxy) is 2. The number of nitrogens with zero attached hydrogens (tertiary/aromatic N) is 3. The zero-order chi connectivity index (χ0) is 17.1. The molecule has 0 bridgehead atoms. The lowest BCUT2D eigenvalue weighted by molar-refractivity contribution is -0.142. The van der Waals surface area contributed by atoms with Gasteiger partial charge in [-0.15, -0.1) is 0 Å². The van der Waals surface area contributed by atoms with Crippen molar-refractivity contribution in [2.45, 2.75) is 31.7 Å². The Morgan fingerprint density at radius 1 is 1.28 bits per heavy atom. The number of morpholine rings is 1. The van der Waals surface area contributed by atoms with Crippen molar-refractivity contribution in [2.24, 2.45) is 0 Å². The van der Waals surface area contributed by atoms with Crippen LogP contribution in [0.2, 0.25) is 0 Å². The Hall–Kier alpha value is -2.41. The van der Waals surface area contributed by atoms with E-state index in [1.807, 2.05) is 6.07 Å². The van der Waals surface area contributed by atoms with Crippen LogP contribution in [0.1, 0.15) is 35.8 Å². The van der Waals surface area contributed by atoms with Crippen molar-refractivity contribution in [3.05, 3.63) is 41.5 Å².